The second kappa shape index (κ2) is 10.1. The molecule has 5 heteroatoms. The third-order valence-corrected chi connectivity index (χ3v) is 5.75. The maximum Gasteiger partial charge on any atom is 0.165 e. The summed E-state index contributed by atoms with van der Waals surface area (Å²) in [6.07, 6.45) is 4.24. The smallest absolute Gasteiger partial charge is 0.165 e. The van der Waals surface area contributed by atoms with Crippen LogP contribution < -0.4 is 9.47 Å². The number of ether oxygens (including phenoxy) is 2. The Labute approximate surface area is 200 Å². The Hall–Kier alpha value is -4.30. The molecule has 34 heavy (non-hydrogen) atoms. The van der Waals surface area contributed by atoms with E-state index in [1.54, 1.807) is 7.11 Å². The molecular formula is C29H27N3O2. The Balaban J connectivity index is 1.72. The molecule has 0 fully saturated rings. The van der Waals surface area contributed by atoms with E-state index in [4.69, 9.17) is 9.47 Å². The van der Waals surface area contributed by atoms with Crippen LogP contribution in [0.3, 0.4) is 0 Å². The van der Waals surface area contributed by atoms with Crippen LogP contribution in [0.2, 0.25) is 0 Å². The van der Waals surface area contributed by atoms with Crippen molar-refractivity contribution in [2.24, 2.45) is 0 Å². The largest absolute Gasteiger partial charge is 0.493 e. The predicted octanol–water partition coefficient (Wildman–Crippen LogP) is 6.56. The number of fused-ring (bicyclic) bond motifs is 1. The fraction of sp³-hybridized carbons (Fsp3) is 0.172. The fourth-order valence-electron chi connectivity index (χ4n) is 3.84. The minimum Gasteiger partial charge on any atom is -0.493 e. The molecule has 170 valence electrons. The molecule has 0 amide bonds. The number of aryl methyl sites for hydroxylation is 2. The van der Waals surface area contributed by atoms with E-state index in [0.29, 0.717) is 35.9 Å². The normalized spacial score (nSPS) is 11.3. The monoisotopic (exact) mass is 449 g/mol. The average Bonchev–Trinajstić information content (AvgIpc) is 3.25. The molecule has 1 heterocycles. The highest BCUT2D eigenvalue weighted by molar-refractivity contribution is 5.91. The van der Waals surface area contributed by atoms with E-state index in [9.17, 15) is 5.26 Å². The first kappa shape index (κ1) is 22.9. The molecule has 0 unspecified atom stereocenters. The van der Waals surface area contributed by atoms with Gasteiger partial charge in [0, 0.05) is 5.56 Å². The summed E-state index contributed by atoms with van der Waals surface area (Å²) in [5.41, 5.74) is 7.36. The third kappa shape index (κ3) is 4.87. The molecule has 1 N–H and O–H groups in total. The SMILES string of the molecule is C=CCc1cc(/C=C(/C#N)c2nc3cc(C)c(C)cc3[nH]2)cc(OC)c1OCc1ccccc1. The number of benzene rings is 3. The van der Waals surface area contributed by atoms with Gasteiger partial charge >= 0.3 is 0 Å². The van der Waals surface area contributed by atoms with E-state index >= 15 is 0 Å². The van der Waals surface area contributed by atoms with Crippen molar-refractivity contribution in [3.8, 4) is 17.6 Å². The summed E-state index contributed by atoms with van der Waals surface area (Å²) in [5.74, 6) is 1.82. The molecule has 4 rings (SSSR count). The number of imidazole rings is 1. The molecule has 0 saturated heterocycles. The van der Waals surface area contributed by atoms with Gasteiger partial charge in [0.05, 0.1) is 23.7 Å². The zero-order valence-electron chi connectivity index (χ0n) is 19.7. The summed E-state index contributed by atoms with van der Waals surface area (Å²) >= 11 is 0. The van der Waals surface area contributed by atoms with Crippen LogP contribution in [0.1, 0.15) is 33.6 Å². The molecular weight excluding hydrogens is 422 g/mol. The van der Waals surface area contributed by atoms with E-state index in [-0.39, 0.29) is 0 Å². The molecule has 0 aliphatic heterocycles. The fourth-order valence-corrected chi connectivity index (χ4v) is 3.84. The molecule has 0 radical (unpaired) electrons. The van der Waals surface area contributed by atoms with E-state index in [0.717, 1.165) is 33.3 Å². The number of nitriles is 1. The van der Waals surface area contributed by atoms with Gasteiger partial charge in [-0.25, -0.2) is 4.98 Å². The zero-order valence-corrected chi connectivity index (χ0v) is 19.7. The Morgan fingerprint density at radius 2 is 1.88 bits per heavy atom. The van der Waals surface area contributed by atoms with Crippen LogP contribution in [0.5, 0.6) is 11.5 Å². The Bertz CT molecular complexity index is 1370. The average molecular weight is 450 g/mol. The summed E-state index contributed by atoms with van der Waals surface area (Å²) in [6, 6.07) is 20.2. The molecule has 0 bridgehead atoms. The second-order valence-electron chi connectivity index (χ2n) is 8.19. The highest BCUT2D eigenvalue weighted by Crippen LogP contribution is 2.35. The van der Waals surface area contributed by atoms with Crippen LogP contribution >= 0.6 is 0 Å². The molecule has 5 nitrogen and oxygen atoms in total. The first-order chi connectivity index (χ1) is 16.5. The zero-order chi connectivity index (χ0) is 24.1. The molecule has 0 spiro atoms. The van der Waals surface area contributed by atoms with E-state index in [1.807, 2.05) is 60.7 Å². The first-order valence-corrected chi connectivity index (χ1v) is 11.1. The standard InChI is InChI=1S/C29H27N3O2/c1-5-9-23-14-22(16-27(33-4)28(23)34-18-21-10-7-6-8-11-21)15-24(17-30)29-31-25-12-19(2)20(3)13-26(25)32-29/h5-8,10-16H,1,9,18H2,2-4H3,(H,31,32)/b24-15-. The topological polar surface area (TPSA) is 70.9 Å². The number of methoxy groups -OCH3 is 1. The maximum atomic E-state index is 9.89. The van der Waals surface area contributed by atoms with E-state index in [2.05, 4.69) is 42.5 Å². The van der Waals surface area contributed by atoms with Gasteiger partial charge in [0.25, 0.3) is 0 Å². The highest BCUT2D eigenvalue weighted by atomic mass is 16.5. The van der Waals surface area contributed by atoms with Crippen LogP contribution in [-0.4, -0.2) is 17.1 Å². The lowest BCUT2D eigenvalue weighted by Crippen LogP contribution is -2.01. The van der Waals surface area contributed by atoms with Gasteiger partial charge < -0.3 is 14.5 Å². The van der Waals surface area contributed by atoms with Crippen LogP contribution in [0, 0.1) is 25.2 Å². The van der Waals surface area contributed by atoms with Crippen LogP contribution in [0.15, 0.2) is 67.3 Å². The summed E-state index contributed by atoms with van der Waals surface area (Å²) in [7, 11) is 1.62. The minimum absolute atomic E-state index is 0.428. The highest BCUT2D eigenvalue weighted by Gasteiger charge is 2.15. The second-order valence-corrected chi connectivity index (χ2v) is 8.19. The molecule has 1 aromatic heterocycles. The lowest BCUT2D eigenvalue weighted by Gasteiger charge is -2.16. The van der Waals surface area contributed by atoms with Gasteiger partial charge in [0.1, 0.15) is 18.5 Å². The Kier molecular flexibility index (Phi) is 6.79. The number of hydrogen-bond donors (Lipinski definition) is 1. The van der Waals surface area contributed by atoms with E-state index in [1.165, 1.54) is 5.56 Å². The number of hydrogen-bond acceptors (Lipinski definition) is 4. The van der Waals surface area contributed by atoms with Crippen molar-refractivity contribution in [3.63, 3.8) is 0 Å². The molecule has 3 aromatic carbocycles. The van der Waals surface area contributed by atoms with E-state index < -0.39 is 0 Å². The number of H-pyrrole nitrogens is 1. The number of aromatic nitrogens is 2. The van der Waals surface area contributed by atoms with Gasteiger partial charge in [-0.1, -0.05) is 36.4 Å². The maximum absolute atomic E-state index is 9.89. The molecule has 0 aliphatic carbocycles. The van der Waals surface area contributed by atoms with Crippen LogP contribution in [0.25, 0.3) is 22.7 Å². The van der Waals surface area contributed by atoms with Gasteiger partial charge in [-0.05, 0) is 72.9 Å². The number of rotatable bonds is 8. The quantitative estimate of drug-likeness (QED) is 0.244. The van der Waals surface area contributed by atoms with Crippen molar-refractivity contribution in [2.75, 3.05) is 7.11 Å². The Morgan fingerprint density at radius 3 is 2.59 bits per heavy atom. The van der Waals surface area contributed by atoms with Gasteiger partial charge in [0.15, 0.2) is 11.5 Å². The van der Waals surface area contributed by atoms with Crippen LogP contribution in [0.4, 0.5) is 0 Å². The summed E-state index contributed by atoms with van der Waals surface area (Å²) in [4.78, 5) is 7.92. The first-order valence-electron chi connectivity index (χ1n) is 11.1. The third-order valence-electron chi connectivity index (χ3n) is 5.75. The van der Waals surface area contributed by atoms with Gasteiger partial charge in [-0.15, -0.1) is 6.58 Å². The van der Waals surface area contributed by atoms with Crippen molar-refractivity contribution in [3.05, 3.63) is 101 Å². The number of allylic oxidation sites excluding steroid dienone is 2. The predicted molar refractivity (Wildman–Crippen MR) is 137 cm³/mol. The van der Waals surface area contributed by atoms with Crippen molar-refractivity contribution in [1.29, 1.82) is 5.26 Å². The minimum atomic E-state index is 0.428. The van der Waals surface area contributed by atoms with Crippen LogP contribution in [-0.2, 0) is 13.0 Å². The summed E-state index contributed by atoms with van der Waals surface area (Å²) in [5, 5.41) is 9.89. The molecule has 0 atom stereocenters. The number of nitrogens with zero attached hydrogens (tertiary/aromatic N) is 2. The van der Waals surface area contributed by atoms with Gasteiger partial charge in [-0.2, -0.15) is 5.26 Å². The summed E-state index contributed by atoms with van der Waals surface area (Å²) < 4.78 is 11.8. The Morgan fingerprint density at radius 1 is 1.12 bits per heavy atom. The number of nitrogens with one attached hydrogen (secondary N) is 1. The van der Waals surface area contributed by atoms with Gasteiger partial charge in [0.2, 0.25) is 0 Å². The lowest BCUT2D eigenvalue weighted by atomic mass is 10.0. The summed E-state index contributed by atoms with van der Waals surface area (Å²) in [6.45, 7) is 8.43. The van der Waals surface area contributed by atoms with Crippen molar-refractivity contribution < 1.29 is 9.47 Å². The molecule has 0 aliphatic rings. The molecule has 4 aromatic rings. The number of aromatic amines is 1. The van der Waals surface area contributed by atoms with Crippen molar-refractivity contribution >= 4 is 22.7 Å². The molecule has 0 saturated carbocycles. The van der Waals surface area contributed by atoms with Crippen molar-refractivity contribution in [2.45, 2.75) is 26.9 Å². The van der Waals surface area contributed by atoms with Gasteiger partial charge in [-0.3, -0.25) is 0 Å². The van der Waals surface area contributed by atoms with Crippen molar-refractivity contribution in [1.82, 2.24) is 9.97 Å². The lowest BCUT2D eigenvalue weighted by molar-refractivity contribution is 0.282.